The number of hydrogen-bond acceptors (Lipinski definition) is 9. The van der Waals surface area contributed by atoms with E-state index in [1.165, 1.54) is 16.8 Å². The van der Waals surface area contributed by atoms with Crippen LogP contribution in [-0.4, -0.2) is 87.5 Å². The molecule has 0 radical (unpaired) electrons. The van der Waals surface area contributed by atoms with Gasteiger partial charge in [0.1, 0.15) is 18.4 Å². The molecule has 2 atom stereocenters. The number of anilines is 1. The molecule has 13 nitrogen and oxygen atoms in total. The smallest absolute Gasteiger partial charge is 0.387 e. The van der Waals surface area contributed by atoms with E-state index in [-0.39, 0.29) is 30.5 Å². The first-order valence-corrected chi connectivity index (χ1v) is 15.3. The van der Waals surface area contributed by atoms with Crippen molar-refractivity contribution in [2.24, 2.45) is 12.8 Å². The Balaban J connectivity index is 1.41. The van der Waals surface area contributed by atoms with Gasteiger partial charge in [0.25, 0.3) is 5.56 Å². The van der Waals surface area contributed by atoms with Gasteiger partial charge in [-0.15, -0.1) is 11.6 Å². The molecule has 5 rings (SSSR count). The minimum absolute atomic E-state index is 0.0156. The fourth-order valence-corrected chi connectivity index (χ4v) is 5.40. The molecule has 0 spiro atoms. The molecule has 0 bridgehead atoms. The summed E-state index contributed by atoms with van der Waals surface area (Å²) < 4.78 is 39.8. The van der Waals surface area contributed by atoms with E-state index >= 15 is 0 Å². The number of nitrogens with zero attached hydrogens (tertiary/aromatic N) is 6. The Morgan fingerprint density at radius 2 is 1.77 bits per heavy atom. The van der Waals surface area contributed by atoms with Crippen molar-refractivity contribution in [1.29, 1.82) is 0 Å². The number of rotatable bonds is 10. The van der Waals surface area contributed by atoms with Crippen LogP contribution in [0, 0.1) is 0 Å². The standard InChI is InChI=1S/C31H35ClF2N8O5/c1-18(32)26(35)28(44)46-17-19-4-7-25(47-29(33)34)21(12-19)16-42-24-13-20(5-6-23(24)27(43)39(42)3)22-14-37-30(38-15-22)40-8-10-41(11-9-40)31(45)36-2/h4-7,12-15,18,26,29H,8-11,16-17,35H2,1-3H3,(H,36,45)/t18?,26-/m0/s1. The summed E-state index contributed by atoms with van der Waals surface area (Å²) in [5.41, 5.74) is 8.29. The number of piperazine rings is 1. The Labute approximate surface area is 273 Å². The lowest BCUT2D eigenvalue weighted by Crippen LogP contribution is -2.51. The summed E-state index contributed by atoms with van der Waals surface area (Å²) in [5.74, 6) is -0.250. The van der Waals surface area contributed by atoms with Crippen molar-refractivity contribution in [3.05, 3.63) is 70.3 Å². The van der Waals surface area contributed by atoms with Crippen LogP contribution in [0.15, 0.2) is 53.6 Å². The number of fused-ring (bicyclic) bond motifs is 1. The molecule has 0 aliphatic carbocycles. The summed E-state index contributed by atoms with van der Waals surface area (Å²) in [6.45, 7) is 0.581. The largest absolute Gasteiger partial charge is 0.460 e. The predicted molar refractivity (Wildman–Crippen MR) is 172 cm³/mol. The summed E-state index contributed by atoms with van der Waals surface area (Å²) in [6.07, 6.45) is 3.38. The van der Waals surface area contributed by atoms with Crippen molar-refractivity contribution in [3.8, 4) is 16.9 Å². The van der Waals surface area contributed by atoms with Crippen LogP contribution in [-0.2, 0) is 29.7 Å². The third-order valence-electron chi connectivity index (χ3n) is 8.01. The zero-order valence-electron chi connectivity index (χ0n) is 26.0. The maximum atomic E-state index is 13.3. The molecule has 16 heteroatoms. The first-order chi connectivity index (χ1) is 22.5. The molecule has 1 fully saturated rings. The fourth-order valence-electron chi connectivity index (χ4n) is 5.30. The molecule has 47 heavy (non-hydrogen) atoms. The third-order valence-corrected chi connectivity index (χ3v) is 8.28. The van der Waals surface area contributed by atoms with Crippen LogP contribution in [0.1, 0.15) is 18.1 Å². The van der Waals surface area contributed by atoms with Crippen molar-refractivity contribution in [1.82, 2.24) is 29.5 Å². The number of esters is 1. The minimum atomic E-state index is -3.08. The molecule has 3 heterocycles. The highest BCUT2D eigenvalue weighted by molar-refractivity contribution is 6.22. The van der Waals surface area contributed by atoms with Gasteiger partial charge in [-0.25, -0.2) is 14.8 Å². The van der Waals surface area contributed by atoms with Crippen molar-refractivity contribution >= 4 is 40.5 Å². The molecule has 0 saturated carbocycles. The number of alkyl halides is 3. The Morgan fingerprint density at radius 3 is 2.40 bits per heavy atom. The Hall–Kier alpha value is -4.76. The van der Waals surface area contributed by atoms with Crippen LogP contribution < -0.4 is 26.2 Å². The number of carbonyl (C=O) groups is 2. The number of carbonyl (C=O) groups excluding carboxylic acids is 2. The molecule has 3 N–H and O–H groups in total. The summed E-state index contributed by atoms with van der Waals surface area (Å²) in [7, 11) is 3.18. The number of amides is 2. The lowest BCUT2D eigenvalue weighted by molar-refractivity contribution is -0.146. The summed E-state index contributed by atoms with van der Waals surface area (Å²) >= 11 is 5.90. The third kappa shape index (κ3) is 7.46. The molecule has 1 unspecified atom stereocenters. The number of hydrogen-bond donors (Lipinski definition) is 2. The number of nitrogens with one attached hydrogen (secondary N) is 1. The second-order valence-corrected chi connectivity index (χ2v) is 11.7. The van der Waals surface area contributed by atoms with E-state index in [1.54, 1.807) is 61.2 Å². The highest BCUT2D eigenvalue weighted by Gasteiger charge is 2.23. The van der Waals surface area contributed by atoms with Gasteiger partial charge < -0.3 is 30.3 Å². The Kier molecular flexibility index (Phi) is 10.3. The normalized spacial score (nSPS) is 14.7. The number of ether oxygens (including phenoxy) is 2. The summed E-state index contributed by atoms with van der Waals surface area (Å²) in [5, 5.41) is 2.41. The molecular formula is C31H35ClF2N8O5. The fraction of sp³-hybridized carbons (Fsp3) is 0.387. The molecule has 2 aromatic carbocycles. The van der Waals surface area contributed by atoms with Crippen LogP contribution in [0.25, 0.3) is 22.0 Å². The number of benzene rings is 2. The maximum Gasteiger partial charge on any atom is 0.387 e. The van der Waals surface area contributed by atoms with Gasteiger partial charge in [0.05, 0.1) is 22.8 Å². The second kappa shape index (κ2) is 14.3. The number of nitrogens with two attached hydrogens (primary N) is 1. The van der Waals surface area contributed by atoms with Crippen molar-refractivity contribution in [2.45, 2.75) is 38.1 Å². The Morgan fingerprint density at radius 1 is 1.06 bits per heavy atom. The van der Waals surface area contributed by atoms with Gasteiger partial charge in [-0.1, -0.05) is 12.1 Å². The predicted octanol–water partition coefficient (Wildman–Crippen LogP) is 2.91. The summed E-state index contributed by atoms with van der Waals surface area (Å²) in [6, 6.07) is 8.59. The van der Waals surface area contributed by atoms with Gasteiger partial charge in [0.2, 0.25) is 5.95 Å². The molecule has 1 saturated heterocycles. The maximum absolute atomic E-state index is 13.3. The van der Waals surface area contributed by atoms with Gasteiger partial charge in [-0.3, -0.25) is 19.0 Å². The van der Waals surface area contributed by atoms with Gasteiger partial charge in [0, 0.05) is 63.8 Å². The molecule has 4 aromatic rings. The van der Waals surface area contributed by atoms with Crippen LogP contribution in [0.4, 0.5) is 19.5 Å². The van der Waals surface area contributed by atoms with Crippen LogP contribution in [0.3, 0.4) is 0 Å². The van der Waals surface area contributed by atoms with Crippen LogP contribution in [0.2, 0.25) is 0 Å². The lowest BCUT2D eigenvalue weighted by atomic mass is 10.1. The number of urea groups is 1. The van der Waals surface area contributed by atoms with Crippen molar-refractivity contribution < 1.29 is 27.8 Å². The molecule has 2 aromatic heterocycles. The van der Waals surface area contributed by atoms with E-state index < -0.39 is 24.0 Å². The van der Waals surface area contributed by atoms with Crippen molar-refractivity contribution in [2.75, 3.05) is 38.1 Å². The van der Waals surface area contributed by atoms with E-state index in [1.807, 2.05) is 11.0 Å². The van der Waals surface area contributed by atoms with E-state index in [0.717, 1.165) is 5.56 Å². The van der Waals surface area contributed by atoms with Crippen LogP contribution in [0.5, 0.6) is 5.75 Å². The van der Waals surface area contributed by atoms with Crippen LogP contribution >= 0.6 is 11.6 Å². The molecule has 250 valence electrons. The highest BCUT2D eigenvalue weighted by Crippen LogP contribution is 2.28. The Bertz CT molecular complexity index is 1810. The lowest BCUT2D eigenvalue weighted by Gasteiger charge is -2.34. The average Bonchev–Trinajstić information content (AvgIpc) is 3.31. The first-order valence-electron chi connectivity index (χ1n) is 14.8. The molecule has 1 aliphatic rings. The SMILES string of the molecule is CNC(=O)N1CCN(c2ncc(-c3ccc4c(=O)n(C)n(Cc5cc(COC(=O)[C@@H](N)C(C)Cl)ccc5OC(F)F)c4c3)cn2)CC1. The van der Waals surface area contributed by atoms with E-state index in [0.29, 0.717) is 59.7 Å². The molecule has 2 amide bonds. The second-order valence-electron chi connectivity index (χ2n) is 11.1. The first kappa shape index (κ1) is 33.6. The zero-order chi connectivity index (χ0) is 33.8. The topological polar surface area (TPSA) is 150 Å². The quantitative estimate of drug-likeness (QED) is 0.192. The van der Waals surface area contributed by atoms with E-state index in [4.69, 9.17) is 26.8 Å². The molecule has 1 aliphatic heterocycles. The van der Waals surface area contributed by atoms with Gasteiger partial charge >= 0.3 is 18.6 Å². The van der Waals surface area contributed by atoms with E-state index in [2.05, 4.69) is 15.3 Å². The van der Waals surface area contributed by atoms with Gasteiger partial charge in [-0.2, -0.15) is 8.78 Å². The highest BCUT2D eigenvalue weighted by atomic mass is 35.5. The van der Waals surface area contributed by atoms with Gasteiger partial charge in [0.15, 0.2) is 0 Å². The van der Waals surface area contributed by atoms with Gasteiger partial charge in [-0.05, 0) is 42.3 Å². The molecular weight excluding hydrogens is 638 g/mol. The number of aromatic nitrogens is 4. The average molecular weight is 673 g/mol. The summed E-state index contributed by atoms with van der Waals surface area (Å²) in [4.78, 5) is 50.1. The zero-order valence-corrected chi connectivity index (χ0v) is 26.8. The number of halogens is 3. The monoisotopic (exact) mass is 672 g/mol. The minimum Gasteiger partial charge on any atom is -0.460 e. The van der Waals surface area contributed by atoms with Crippen molar-refractivity contribution in [3.63, 3.8) is 0 Å². The van der Waals surface area contributed by atoms with E-state index in [9.17, 15) is 23.2 Å².